The molecule has 0 unspecified atom stereocenters. The first-order valence-electron chi connectivity index (χ1n) is 8.92. The number of anilines is 1. The summed E-state index contributed by atoms with van der Waals surface area (Å²) in [5.41, 5.74) is 1.47. The Labute approximate surface area is 170 Å². The lowest BCUT2D eigenvalue weighted by molar-refractivity contribution is -0.118. The number of nitrogens with zero attached hydrogens (tertiary/aromatic N) is 1. The molecule has 0 spiro atoms. The van der Waals surface area contributed by atoms with Gasteiger partial charge in [-0.2, -0.15) is 0 Å². The Kier molecular flexibility index (Phi) is 7.10. The minimum atomic E-state index is -4.01. The van der Waals surface area contributed by atoms with E-state index in [-0.39, 0.29) is 23.9 Å². The summed E-state index contributed by atoms with van der Waals surface area (Å²) >= 11 is 0. The zero-order valence-electron chi connectivity index (χ0n) is 16.7. The van der Waals surface area contributed by atoms with E-state index in [0.29, 0.717) is 5.69 Å². The molecular weight excluding hydrogens is 397 g/mol. The van der Waals surface area contributed by atoms with Crippen LogP contribution in [0.1, 0.15) is 29.8 Å². The highest BCUT2D eigenvalue weighted by Crippen LogP contribution is 2.19. The van der Waals surface area contributed by atoms with E-state index < -0.39 is 26.6 Å². The summed E-state index contributed by atoms with van der Waals surface area (Å²) in [5, 5.41) is 5.44. The van der Waals surface area contributed by atoms with Crippen LogP contribution < -0.4 is 10.6 Å². The zero-order chi connectivity index (χ0) is 21.8. The van der Waals surface area contributed by atoms with Gasteiger partial charge in [0.2, 0.25) is 15.9 Å². The fourth-order valence-electron chi connectivity index (χ4n) is 2.32. The standard InChI is InChI=1S/C20H24FN3O4S/c1-13(2)19(25)23-16-8-5-14(6-9-16)12-22-20(26)15-7-10-17(21)18(11-15)29(27,28)24(3)4/h5-11,13H,12H2,1-4H3,(H,22,26)(H,23,25). The number of amides is 2. The SMILES string of the molecule is CC(C)C(=O)Nc1ccc(CNC(=O)c2ccc(F)c(S(=O)(=O)N(C)C)c2)cc1. The van der Waals surface area contributed by atoms with Crippen molar-refractivity contribution in [3.8, 4) is 0 Å². The molecule has 0 saturated heterocycles. The molecule has 9 heteroatoms. The molecule has 0 radical (unpaired) electrons. The minimum absolute atomic E-state index is 0.0349. The van der Waals surface area contributed by atoms with Gasteiger partial charge >= 0.3 is 0 Å². The highest BCUT2D eigenvalue weighted by molar-refractivity contribution is 7.89. The van der Waals surface area contributed by atoms with Crippen molar-refractivity contribution in [3.05, 3.63) is 59.4 Å². The van der Waals surface area contributed by atoms with Crippen molar-refractivity contribution in [3.63, 3.8) is 0 Å². The molecule has 0 aliphatic carbocycles. The highest BCUT2D eigenvalue weighted by atomic mass is 32.2. The summed E-state index contributed by atoms with van der Waals surface area (Å²) in [4.78, 5) is 23.5. The van der Waals surface area contributed by atoms with E-state index in [1.807, 2.05) is 0 Å². The molecule has 2 aromatic carbocycles. The van der Waals surface area contributed by atoms with Gasteiger partial charge in [-0.3, -0.25) is 9.59 Å². The highest BCUT2D eigenvalue weighted by Gasteiger charge is 2.23. The fourth-order valence-corrected chi connectivity index (χ4v) is 3.30. The van der Waals surface area contributed by atoms with Gasteiger partial charge in [-0.05, 0) is 35.9 Å². The topological polar surface area (TPSA) is 95.6 Å². The van der Waals surface area contributed by atoms with E-state index >= 15 is 0 Å². The predicted molar refractivity (Wildman–Crippen MR) is 108 cm³/mol. The van der Waals surface area contributed by atoms with Crippen LogP contribution >= 0.6 is 0 Å². The Balaban J connectivity index is 2.07. The summed E-state index contributed by atoms with van der Waals surface area (Å²) in [7, 11) is -1.43. The molecule has 0 aromatic heterocycles. The predicted octanol–water partition coefficient (Wildman–Crippen LogP) is 2.60. The molecule has 0 aliphatic heterocycles. The quantitative estimate of drug-likeness (QED) is 0.718. The van der Waals surface area contributed by atoms with E-state index in [9.17, 15) is 22.4 Å². The molecule has 7 nitrogen and oxygen atoms in total. The molecule has 0 fully saturated rings. The Morgan fingerprint density at radius 2 is 1.69 bits per heavy atom. The monoisotopic (exact) mass is 421 g/mol. The Morgan fingerprint density at radius 1 is 1.07 bits per heavy atom. The number of benzene rings is 2. The van der Waals surface area contributed by atoms with Crippen LogP contribution in [0.15, 0.2) is 47.4 Å². The van der Waals surface area contributed by atoms with Gasteiger partial charge in [0.25, 0.3) is 5.91 Å². The number of hydrogen-bond acceptors (Lipinski definition) is 4. The van der Waals surface area contributed by atoms with Crippen LogP contribution in [-0.4, -0.2) is 38.6 Å². The molecule has 2 amide bonds. The lowest BCUT2D eigenvalue weighted by Gasteiger charge is -2.13. The third-order valence-corrected chi connectivity index (χ3v) is 5.98. The van der Waals surface area contributed by atoms with Gasteiger partial charge < -0.3 is 10.6 Å². The maximum atomic E-state index is 14.0. The van der Waals surface area contributed by atoms with Crippen molar-refractivity contribution >= 4 is 27.5 Å². The summed E-state index contributed by atoms with van der Waals surface area (Å²) in [6.45, 7) is 3.78. The maximum absolute atomic E-state index is 14.0. The fraction of sp³-hybridized carbons (Fsp3) is 0.300. The number of rotatable bonds is 7. The van der Waals surface area contributed by atoms with Crippen LogP contribution in [0.4, 0.5) is 10.1 Å². The largest absolute Gasteiger partial charge is 0.348 e. The maximum Gasteiger partial charge on any atom is 0.251 e. The smallest absolute Gasteiger partial charge is 0.251 e. The molecular formula is C20H24FN3O4S. The number of carbonyl (C=O) groups excluding carboxylic acids is 2. The molecule has 0 heterocycles. The van der Waals surface area contributed by atoms with Gasteiger partial charge in [0.05, 0.1) is 0 Å². The molecule has 0 aliphatic rings. The average Bonchev–Trinajstić information content (AvgIpc) is 2.67. The lowest BCUT2D eigenvalue weighted by Crippen LogP contribution is -2.26. The van der Waals surface area contributed by atoms with Crippen LogP contribution in [0.2, 0.25) is 0 Å². The van der Waals surface area contributed by atoms with Crippen LogP contribution in [-0.2, 0) is 21.4 Å². The molecule has 2 N–H and O–H groups in total. The number of carbonyl (C=O) groups is 2. The number of halogens is 1. The summed E-state index contributed by atoms with van der Waals surface area (Å²) < 4.78 is 39.2. The number of hydrogen-bond donors (Lipinski definition) is 2. The van der Waals surface area contributed by atoms with Gasteiger partial charge in [-0.1, -0.05) is 26.0 Å². The van der Waals surface area contributed by atoms with Crippen molar-refractivity contribution in [1.82, 2.24) is 9.62 Å². The summed E-state index contributed by atoms with van der Waals surface area (Å²) in [6.07, 6.45) is 0. The van der Waals surface area contributed by atoms with Crippen molar-refractivity contribution in [2.45, 2.75) is 25.3 Å². The second-order valence-corrected chi connectivity index (χ2v) is 9.08. The summed E-state index contributed by atoms with van der Waals surface area (Å²) in [6, 6.07) is 10.2. The van der Waals surface area contributed by atoms with Gasteiger partial charge in [0, 0.05) is 37.8 Å². The zero-order valence-corrected chi connectivity index (χ0v) is 17.5. The Bertz CT molecular complexity index is 1000. The van der Waals surface area contributed by atoms with Gasteiger partial charge in [-0.15, -0.1) is 0 Å². The third-order valence-electron chi connectivity index (χ3n) is 4.15. The second-order valence-electron chi connectivity index (χ2n) is 6.96. The van der Waals surface area contributed by atoms with E-state index in [1.54, 1.807) is 38.1 Å². The molecule has 0 saturated carbocycles. The molecule has 0 atom stereocenters. The van der Waals surface area contributed by atoms with Crippen LogP contribution in [0.3, 0.4) is 0 Å². The molecule has 156 valence electrons. The average molecular weight is 421 g/mol. The van der Waals surface area contributed by atoms with Crippen molar-refractivity contribution < 1.29 is 22.4 Å². The van der Waals surface area contributed by atoms with E-state index in [1.165, 1.54) is 20.2 Å². The summed E-state index contributed by atoms with van der Waals surface area (Å²) in [5.74, 6) is -1.68. The van der Waals surface area contributed by atoms with Crippen molar-refractivity contribution in [2.24, 2.45) is 5.92 Å². The first-order valence-corrected chi connectivity index (χ1v) is 10.4. The first kappa shape index (κ1) is 22.5. The third kappa shape index (κ3) is 5.61. The van der Waals surface area contributed by atoms with Crippen LogP contribution in [0.25, 0.3) is 0 Å². The minimum Gasteiger partial charge on any atom is -0.348 e. The lowest BCUT2D eigenvalue weighted by atomic mass is 10.1. The second kappa shape index (κ2) is 9.15. The molecule has 0 bridgehead atoms. The first-order chi connectivity index (χ1) is 13.5. The van der Waals surface area contributed by atoms with Crippen LogP contribution in [0.5, 0.6) is 0 Å². The van der Waals surface area contributed by atoms with E-state index in [2.05, 4.69) is 10.6 Å². The number of sulfonamides is 1. The van der Waals surface area contributed by atoms with E-state index in [0.717, 1.165) is 22.0 Å². The van der Waals surface area contributed by atoms with Crippen molar-refractivity contribution in [1.29, 1.82) is 0 Å². The normalized spacial score (nSPS) is 11.6. The van der Waals surface area contributed by atoms with Crippen molar-refractivity contribution in [2.75, 3.05) is 19.4 Å². The molecule has 2 rings (SSSR count). The number of nitrogens with one attached hydrogen (secondary N) is 2. The van der Waals surface area contributed by atoms with Crippen LogP contribution in [0, 0.1) is 11.7 Å². The Hall–Kier alpha value is -2.78. The molecule has 29 heavy (non-hydrogen) atoms. The van der Waals surface area contributed by atoms with Gasteiger partial charge in [-0.25, -0.2) is 17.1 Å². The van der Waals surface area contributed by atoms with Gasteiger partial charge in [0.1, 0.15) is 10.7 Å². The molecule has 2 aromatic rings. The van der Waals surface area contributed by atoms with Gasteiger partial charge in [0.15, 0.2) is 0 Å². The van der Waals surface area contributed by atoms with E-state index in [4.69, 9.17) is 0 Å². The Morgan fingerprint density at radius 3 is 2.24 bits per heavy atom.